The van der Waals surface area contributed by atoms with Crippen LogP contribution in [0.25, 0.3) is 0 Å². The number of rotatable bonds is 7. The van der Waals surface area contributed by atoms with Gasteiger partial charge in [-0.05, 0) is 32.1 Å². The van der Waals surface area contributed by atoms with Crippen LogP contribution in [0.2, 0.25) is 0 Å². The van der Waals surface area contributed by atoms with E-state index >= 15 is 0 Å². The highest BCUT2D eigenvalue weighted by Crippen LogP contribution is 2.09. The van der Waals surface area contributed by atoms with Crippen molar-refractivity contribution in [2.75, 3.05) is 27.2 Å². The first-order valence-corrected chi connectivity index (χ1v) is 6.75. The van der Waals surface area contributed by atoms with Gasteiger partial charge in [0.1, 0.15) is 0 Å². The van der Waals surface area contributed by atoms with Crippen LogP contribution >= 0.6 is 0 Å². The summed E-state index contributed by atoms with van der Waals surface area (Å²) in [5.41, 5.74) is 6.61. The van der Waals surface area contributed by atoms with Crippen molar-refractivity contribution in [3.63, 3.8) is 0 Å². The van der Waals surface area contributed by atoms with Crippen LogP contribution in [-0.2, 0) is 17.8 Å². The van der Waals surface area contributed by atoms with Gasteiger partial charge in [-0.2, -0.15) is 0 Å². The average molecular weight is 279 g/mol. The largest absolute Gasteiger partial charge is 0.387 e. The van der Waals surface area contributed by atoms with E-state index in [1.165, 1.54) is 0 Å². The molecule has 0 radical (unpaired) electrons. The summed E-state index contributed by atoms with van der Waals surface area (Å²) in [6.45, 7) is 2.85. The molecule has 20 heavy (non-hydrogen) atoms. The molecule has 0 spiro atoms. The SMILES string of the molecule is CN(C)CC(C)(O)CNC(=O)Cc1ccccc1CN. The van der Waals surface area contributed by atoms with Crippen LogP contribution in [-0.4, -0.2) is 48.7 Å². The Hall–Kier alpha value is -1.43. The Morgan fingerprint density at radius 2 is 1.95 bits per heavy atom. The quantitative estimate of drug-likeness (QED) is 0.662. The third-order valence-electron chi connectivity index (χ3n) is 3.01. The number of nitrogens with two attached hydrogens (primary N) is 1. The van der Waals surface area contributed by atoms with E-state index in [0.29, 0.717) is 13.1 Å². The molecule has 4 N–H and O–H groups in total. The smallest absolute Gasteiger partial charge is 0.224 e. The number of hydrogen-bond donors (Lipinski definition) is 3. The number of nitrogens with one attached hydrogen (secondary N) is 1. The van der Waals surface area contributed by atoms with Crippen molar-refractivity contribution in [1.82, 2.24) is 10.2 Å². The molecule has 112 valence electrons. The normalized spacial score (nSPS) is 14.1. The lowest BCUT2D eigenvalue weighted by atomic mass is 10.0. The van der Waals surface area contributed by atoms with Gasteiger partial charge in [0, 0.05) is 19.6 Å². The topological polar surface area (TPSA) is 78.6 Å². The van der Waals surface area contributed by atoms with E-state index in [1.54, 1.807) is 6.92 Å². The van der Waals surface area contributed by atoms with Crippen LogP contribution in [0.5, 0.6) is 0 Å². The molecule has 1 aromatic carbocycles. The second-order valence-corrected chi connectivity index (χ2v) is 5.66. The summed E-state index contributed by atoms with van der Waals surface area (Å²) >= 11 is 0. The molecule has 0 bridgehead atoms. The summed E-state index contributed by atoms with van der Waals surface area (Å²) in [6, 6.07) is 7.63. The molecule has 0 fully saturated rings. The molecule has 5 heteroatoms. The molecule has 1 aromatic rings. The van der Waals surface area contributed by atoms with Crippen molar-refractivity contribution in [3.8, 4) is 0 Å². The van der Waals surface area contributed by atoms with E-state index in [1.807, 2.05) is 43.3 Å². The number of carbonyl (C=O) groups excluding carboxylic acids is 1. The lowest BCUT2D eigenvalue weighted by Crippen LogP contribution is -2.47. The van der Waals surface area contributed by atoms with Crippen LogP contribution in [0.4, 0.5) is 0 Å². The number of amides is 1. The lowest BCUT2D eigenvalue weighted by Gasteiger charge is -2.27. The minimum Gasteiger partial charge on any atom is -0.387 e. The molecule has 1 unspecified atom stereocenters. The molecule has 0 aliphatic carbocycles. The predicted octanol–water partition coefficient (Wildman–Crippen LogP) is 0.117. The maximum atomic E-state index is 11.9. The Labute approximate surface area is 120 Å². The summed E-state index contributed by atoms with van der Waals surface area (Å²) in [6.07, 6.45) is 0.283. The number of hydrogen-bond acceptors (Lipinski definition) is 4. The Balaban J connectivity index is 2.52. The first-order valence-electron chi connectivity index (χ1n) is 6.75. The number of carbonyl (C=O) groups is 1. The third kappa shape index (κ3) is 5.69. The molecule has 0 aromatic heterocycles. The molecular weight excluding hydrogens is 254 g/mol. The van der Waals surface area contributed by atoms with E-state index in [-0.39, 0.29) is 18.9 Å². The summed E-state index contributed by atoms with van der Waals surface area (Å²) in [5, 5.41) is 12.9. The third-order valence-corrected chi connectivity index (χ3v) is 3.01. The van der Waals surface area contributed by atoms with Crippen molar-refractivity contribution in [1.29, 1.82) is 0 Å². The highest BCUT2D eigenvalue weighted by molar-refractivity contribution is 5.79. The molecule has 1 rings (SSSR count). The minimum absolute atomic E-state index is 0.107. The molecule has 5 nitrogen and oxygen atoms in total. The van der Waals surface area contributed by atoms with Gasteiger partial charge in [-0.15, -0.1) is 0 Å². The number of aliphatic hydroxyl groups is 1. The van der Waals surface area contributed by atoms with Gasteiger partial charge < -0.3 is 21.1 Å². The number of nitrogens with zero attached hydrogens (tertiary/aromatic N) is 1. The number of benzene rings is 1. The van der Waals surface area contributed by atoms with E-state index in [2.05, 4.69) is 5.32 Å². The maximum absolute atomic E-state index is 11.9. The van der Waals surface area contributed by atoms with Crippen molar-refractivity contribution >= 4 is 5.91 Å². The van der Waals surface area contributed by atoms with Crippen LogP contribution in [0.15, 0.2) is 24.3 Å². The first kappa shape index (κ1) is 16.6. The minimum atomic E-state index is -0.938. The molecule has 0 aliphatic rings. The molecule has 1 atom stereocenters. The molecule has 0 saturated carbocycles. The zero-order valence-electron chi connectivity index (χ0n) is 12.5. The Kier molecular flexibility index (Phi) is 6.13. The monoisotopic (exact) mass is 279 g/mol. The lowest BCUT2D eigenvalue weighted by molar-refractivity contribution is -0.121. The van der Waals surface area contributed by atoms with Crippen molar-refractivity contribution in [2.45, 2.75) is 25.5 Å². The van der Waals surface area contributed by atoms with Crippen LogP contribution in [0.3, 0.4) is 0 Å². The number of likely N-dealkylation sites (N-methyl/N-ethyl adjacent to an activating group) is 1. The van der Waals surface area contributed by atoms with Gasteiger partial charge in [0.15, 0.2) is 0 Å². The summed E-state index contributed by atoms with van der Waals surface area (Å²) < 4.78 is 0. The predicted molar refractivity (Wildman–Crippen MR) is 80.2 cm³/mol. The molecule has 1 amide bonds. The van der Waals surface area contributed by atoms with E-state index in [4.69, 9.17) is 5.73 Å². The zero-order chi connectivity index (χ0) is 15.2. The maximum Gasteiger partial charge on any atom is 0.224 e. The standard InChI is InChI=1S/C15H25N3O2/c1-15(20,11-18(2)3)10-17-14(19)8-12-6-4-5-7-13(12)9-16/h4-7,20H,8-11,16H2,1-3H3,(H,17,19). The van der Waals surface area contributed by atoms with Gasteiger partial charge in [0.25, 0.3) is 0 Å². The summed E-state index contributed by atoms with van der Waals surface area (Å²) in [7, 11) is 3.77. The van der Waals surface area contributed by atoms with Crippen LogP contribution < -0.4 is 11.1 Å². The Morgan fingerprint density at radius 3 is 2.50 bits per heavy atom. The fourth-order valence-corrected chi connectivity index (χ4v) is 2.19. The second kappa shape index (κ2) is 7.38. The summed E-state index contributed by atoms with van der Waals surface area (Å²) in [5.74, 6) is -0.107. The van der Waals surface area contributed by atoms with Gasteiger partial charge in [-0.25, -0.2) is 0 Å². The van der Waals surface area contributed by atoms with Crippen molar-refractivity contribution in [2.24, 2.45) is 5.73 Å². The first-order chi connectivity index (χ1) is 9.34. The highest BCUT2D eigenvalue weighted by atomic mass is 16.3. The van der Waals surface area contributed by atoms with Crippen molar-refractivity contribution < 1.29 is 9.90 Å². The Morgan fingerprint density at radius 1 is 1.35 bits per heavy atom. The van der Waals surface area contributed by atoms with E-state index < -0.39 is 5.60 Å². The fourth-order valence-electron chi connectivity index (χ4n) is 2.19. The van der Waals surface area contributed by atoms with E-state index in [0.717, 1.165) is 11.1 Å². The van der Waals surface area contributed by atoms with Gasteiger partial charge in [-0.3, -0.25) is 4.79 Å². The van der Waals surface area contributed by atoms with Gasteiger partial charge >= 0.3 is 0 Å². The van der Waals surface area contributed by atoms with Crippen LogP contribution in [0.1, 0.15) is 18.1 Å². The van der Waals surface area contributed by atoms with Gasteiger partial charge in [0.2, 0.25) is 5.91 Å². The molecule has 0 aliphatic heterocycles. The fraction of sp³-hybridized carbons (Fsp3) is 0.533. The van der Waals surface area contributed by atoms with Crippen LogP contribution in [0, 0.1) is 0 Å². The second-order valence-electron chi connectivity index (χ2n) is 5.66. The zero-order valence-corrected chi connectivity index (χ0v) is 12.5. The van der Waals surface area contributed by atoms with E-state index in [9.17, 15) is 9.90 Å². The van der Waals surface area contributed by atoms with Crippen molar-refractivity contribution in [3.05, 3.63) is 35.4 Å². The molecule has 0 saturated heterocycles. The Bertz CT molecular complexity index is 444. The molecular formula is C15H25N3O2. The van der Waals surface area contributed by atoms with Gasteiger partial charge in [-0.1, -0.05) is 24.3 Å². The highest BCUT2D eigenvalue weighted by Gasteiger charge is 2.22. The van der Waals surface area contributed by atoms with Gasteiger partial charge in [0.05, 0.1) is 12.0 Å². The average Bonchev–Trinajstić information content (AvgIpc) is 2.36. The summed E-state index contributed by atoms with van der Waals surface area (Å²) in [4.78, 5) is 13.8. The molecule has 0 heterocycles.